The topological polar surface area (TPSA) is 58.2 Å². The molecule has 5 rings (SSSR count). The Balaban J connectivity index is 1.26. The zero-order valence-corrected chi connectivity index (χ0v) is 20.8. The first-order valence-corrected chi connectivity index (χ1v) is 12.4. The van der Waals surface area contributed by atoms with Crippen molar-refractivity contribution >= 4 is 17.0 Å². The molecule has 3 aromatic carbocycles. The molecule has 35 heavy (non-hydrogen) atoms. The van der Waals surface area contributed by atoms with Crippen LogP contribution in [0.15, 0.2) is 72.8 Å². The largest absolute Gasteiger partial charge is 0.460 e. The van der Waals surface area contributed by atoms with E-state index in [1.54, 1.807) is 0 Å². The minimum absolute atomic E-state index is 0.0387. The molecule has 0 radical (unpaired) electrons. The van der Waals surface area contributed by atoms with E-state index < -0.39 is 5.60 Å². The fraction of sp³-hybridized carbons (Fsp3) is 0.333. The van der Waals surface area contributed by atoms with Crippen LogP contribution in [0.25, 0.3) is 33.5 Å². The van der Waals surface area contributed by atoms with Crippen molar-refractivity contribution in [3.63, 3.8) is 0 Å². The summed E-state index contributed by atoms with van der Waals surface area (Å²) in [4.78, 5) is 23.1. The van der Waals surface area contributed by atoms with Gasteiger partial charge < -0.3 is 9.72 Å². The minimum Gasteiger partial charge on any atom is -0.460 e. The van der Waals surface area contributed by atoms with Gasteiger partial charge in [0.2, 0.25) is 0 Å². The standard InChI is InChI=1S/C30H33N3O2/c1-30(2,3)35-29(34)25-10-7-17-33(20-25)19-21-13-15-22(16-14-21)23-8-6-9-24(18-23)28-31-26-11-4-5-12-27(26)32-28/h4-6,8-9,11-16,18,25H,7,10,17,19-20H2,1-3H3,(H,31,32). The van der Waals surface area contributed by atoms with E-state index in [2.05, 4.69) is 58.4 Å². The van der Waals surface area contributed by atoms with Crippen molar-refractivity contribution in [3.05, 3.63) is 78.4 Å². The van der Waals surface area contributed by atoms with Crippen molar-refractivity contribution in [3.8, 4) is 22.5 Å². The second-order valence-electron chi connectivity index (χ2n) is 10.5. The maximum absolute atomic E-state index is 12.5. The Bertz CT molecular complexity index is 1280. The number of nitrogens with one attached hydrogen (secondary N) is 1. The molecule has 0 spiro atoms. The van der Waals surface area contributed by atoms with Crippen LogP contribution in [0.5, 0.6) is 0 Å². The Morgan fingerprint density at radius 1 is 1.00 bits per heavy atom. The summed E-state index contributed by atoms with van der Waals surface area (Å²) in [5.74, 6) is 0.777. The fourth-order valence-corrected chi connectivity index (χ4v) is 4.77. The minimum atomic E-state index is -0.434. The number of fused-ring (bicyclic) bond motifs is 1. The van der Waals surface area contributed by atoms with E-state index in [0.717, 1.165) is 60.5 Å². The molecule has 1 saturated heterocycles. The second kappa shape index (κ2) is 9.67. The number of aromatic amines is 1. The van der Waals surface area contributed by atoms with E-state index in [1.807, 2.05) is 45.0 Å². The third-order valence-electron chi connectivity index (χ3n) is 6.46. The molecule has 1 N–H and O–H groups in total. The molecule has 0 aliphatic carbocycles. The van der Waals surface area contributed by atoms with Crippen LogP contribution >= 0.6 is 0 Å². The maximum Gasteiger partial charge on any atom is 0.310 e. The number of para-hydroxylation sites is 2. The van der Waals surface area contributed by atoms with Gasteiger partial charge >= 0.3 is 5.97 Å². The van der Waals surface area contributed by atoms with Crippen LogP contribution in [0, 0.1) is 5.92 Å². The van der Waals surface area contributed by atoms with Gasteiger partial charge in [-0.1, -0.05) is 54.6 Å². The highest BCUT2D eigenvalue weighted by Gasteiger charge is 2.29. The molecule has 1 aliphatic rings. The Labute approximate surface area is 207 Å². The van der Waals surface area contributed by atoms with Crippen molar-refractivity contribution < 1.29 is 9.53 Å². The first-order valence-electron chi connectivity index (χ1n) is 12.4. The first kappa shape index (κ1) is 23.3. The number of H-pyrrole nitrogens is 1. The summed E-state index contributed by atoms with van der Waals surface area (Å²) < 4.78 is 5.63. The van der Waals surface area contributed by atoms with E-state index in [1.165, 1.54) is 11.1 Å². The van der Waals surface area contributed by atoms with E-state index in [4.69, 9.17) is 9.72 Å². The summed E-state index contributed by atoms with van der Waals surface area (Å²) in [7, 11) is 0. The van der Waals surface area contributed by atoms with Crippen LogP contribution in [-0.4, -0.2) is 39.5 Å². The number of hydrogen-bond acceptors (Lipinski definition) is 4. The number of imidazole rings is 1. The first-order chi connectivity index (χ1) is 16.8. The average molecular weight is 468 g/mol. The van der Waals surface area contributed by atoms with Gasteiger partial charge in [-0.25, -0.2) is 4.98 Å². The smallest absolute Gasteiger partial charge is 0.310 e. The highest BCUT2D eigenvalue weighted by Crippen LogP contribution is 2.27. The van der Waals surface area contributed by atoms with Crippen LogP contribution in [0.1, 0.15) is 39.2 Å². The molecule has 5 nitrogen and oxygen atoms in total. The Morgan fingerprint density at radius 2 is 1.77 bits per heavy atom. The van der Waals surface area contributed by atoms with Gasteiger partial charge in [0.05, 0.1) is 17.0 Å². The van der Waals surface area contributed by atoms with Gasteiger partial charge in [-0.3, -0.25) is 9.69 Å². The summed E-state index contributed by atoms with van der Waals surface area (Å²) in [5.41, 5.74) is 6.26. The number of aromatic nitrogens is 2. The number of carbonyl (C=O) groups is 1. The number of rotatable bonds is 5. The summed E-state index contributed by atoms with van der Waals surface area (Å²) in [5, 5.41) is 0. The van der Waals surface area contributed by atoms with Crippen LogP contribution in [-0.2, 0) is 16.1 Å². The lowest BCUT2D eigenvalue weighted by molar-refractivity contribution is -0.162. The summed E-state index contributed by atoms with van der Waals surface area (Å²) in [6.07, 6.45) is 1.93. The highest BCUT2D eigenvalue weighted by molar-refractivity contribution is 5.80. The summed E-state index contributed by atoms with van der Waals surface area (Å²) in [6, 6.07) is 25.3. The lowest BCUT2D eigenvalue weighted by Crippen LogP contribution is -2.40. The quantitative estimate of drug-likeness (QED) is 0.343. The van der Waals surface area contributed by atoms with Crippen LogP contribution in [0.2, 0.25) is 0 Å². The molecular formula is C30H33N3O2. The average Bonchev–Trinajstić information content (AvgIpc) is 3.28. The normalized spacial score (nSPS) is 16.9. The molecule has 0 saturated carbocycles. The van der Waals surface area contributed by atoms with Crippen molar-refractivity contribution in [2.45, 2.75) is 45.8 Å². The lowest BCUT2D eigenvalue weighted by atomic mass is 9.97. The number of ether oxygens (including phenoxy) is 1. The fourth-order valence-electron chi connectivity index (χ4n) is 4.77. The number of carbonyl (C=O) groups excluding carboxylic acids is 1. The Kier molecular flexibility index (Phi) is 6.44. The summed E-state index contributed by atoms with van der Waals surface area (Å²) in [6.45, 7) is 8.41. The van der Waals surface area contributed by atoms with Crippen molar-refractivity contribution in [1.82, 2.24) is 14.9 Å². The van der Waals surface area contributed by atoms with E-state index in [-0.39, 0.29) is 11.9 Å². The molecule has 180 valence electrons. The van der Waals surface area contributed by atoms with Gasteiger partial charge in [-0.2, -0.15) is 0 Å². The number of likely N-dealkylation sites (tertiary alicyclic amines) is 1. The molecule has 0 amide bonds. The zero-order chi connectivity index (χ0) is 24.4. The molecule has 1 unspecified atom stereocenters. The van der Waals surface area contributed by atoms with Gasteiger partial charge in [0.15, 0.2) is 0 Å². The van der Waals surface area contributed by atoms with Crippen LogP contribution in [0.3, 0.4) is 0 Å². The molecular weight excluding hydrogens is 434 g/mol. The van der Waals surface area contributed by atoms with E-state index in [0.29, 0.717) is 0 Å². The van der Waals surface area contributed by atoms with Crippen molar-refractivity contribution in [1.29, 1.82) is 0 Å². The number of hydrogen-bond donors (Lipinski definition) is 1. The third kappa shape index (κ3) is 5.63. The highest BCUT2D eigenvalue weighted by atomic mass is 16.6. The maximum atomic E-state index is 12.5. The SMILES string of the molecule is CC(C)(C)OC(=O)C1CCCN(Cc2ccc(-c3cccc(-c4nc5ccccc5[nH]4)c3)cc2)C1. The number of esters is 1. The number of piperidine rings is 1. The zero-order valence-electron chi connectivity index (χ0n) is 20.8. The Hall–Kier alpha value is -3.44. The van der Waals surface area contributed by atoms with Gasteiger partial charge in [0.1, 0.15) is 11.4 Å². The molecule has 1 aromatic heterocycles. The van der Waals surface area contributed by atoms with E-state index >= 15 is 0 Å². The van der Waals surface area contributed by atoms with Crippen molar-refractivity contribution in [2.24, 2.45) is 5.92 Å². The number of nitrogens with zero attached hydrogens (tertiary/aromatic N) is 2. The molecule has 1 atom stereocenters. The molecule has 1 fully saturated rings. The Morgan fingerprint density at radius 3 is 2.54 bits per heavy atom. The third-order valence-corrected chi connectivity index (χ3v) is 6.46. The predicted molar refractivity (Wildman–Crippen MR) is 141 cm³/mol. The van der Waals surface area contributed by atoms with Gasteiger partial charge in [0.25, 0.3) is 0 Å². The van der Waals surface area contributed by atoms with E-state index in [9.17, 15) is 4.79 Å². The molecule has 5 heteroatoms. The second-order valence-corrected chi connectivity index (χ2v) is 10.5. The van der Waals surface area contributed by atoms with Gasteiger partial charge in [-0.05, 0) is 75.0 Å². The van der Waals surface area contributed by atoms with Crippen LogP contribution in [0.4, 0.5) is 0 Å². The molecule has 1 aliphatic heterocycles. The lowest BCUT2D eigenvalue weighted by Gasteiger charge is -2.33. The molecule has 0 bridgehead atoms. The van der Waals surface area contributed by atoms with Gasteiger partial charge in [-0.15, -0.1) is 0 Å². The van der Waals surface area contributed by atoms with Gasteiger partial charge in [0, 0.05) is 18.7 Å². The van der Waals surface area contributed by atoms with Crippen LogP contribution < -0.4 is 0 Å². The summed E-state index contributed by atoms with van der Waals surface area (Å²) >= 11 is 0. The van der Waals surface area contributed by atoms with Crippen molar-refractivity contribution in [2.75, 3.05) is 13.1 Å². The predicted octanol–water partition coefficient (Wildman–Crippen LogP) is 6.45. The monoisotopic (exact) mass is 467 g/mol. The molecule has 2 heterocycles. The molecule has 4 aromatic rings. The number of benzene rings is 3.